The molecule has 0 amide bonds. The number of aromatic nitrogens is 1. The number of rotatable bonds is 3. The summed E-state index contributed by atoms with van der Waals surface area (Å²) in [7, 11) is 0. The largest absolute Gasteiger partial charge is 0.493 e. The first-order valence-electron chi connectivity index (χ1n) is 8.13. The van der Waals surface area contributed by atoms with Gasteiger partial charge in [-0.15, -0.1) is 5.11 Å². The van der Waals surface area contributed by atoms with Crippen molar-refractivity contribution in [2.45, 2.75) is 19.9 Å². The summed E-state index contributed by atoms with van der Waals surface area (Å²) < 4.78 is 15.6. The normalized spacial score (nSPS) is 15.2. The first-order valence-corrected chi connectivity index (χ1v) is 9.28. The minimum Gasteiger partial charge on any atom is -0.493 e. The summed E-state index contributed by atoms with van der Waals surface area (Å²) >= 11 is 1.82. The number of nitrogens with zero attached hydrogens (tertiary/aromatic N) is 3. The highest BCUT2D eigenvalue weighted by molar-refractivity contribution is 8.00. The van der Waals surface area contributed by atoms with Crippen molar-refractivity contribution in [1.82, 2.24) is 4.57 Å². The third kappa shape index (κ3) is 2.91. The molecule has 1 saturated heterocycles. The number of benzene rings is 2. The van der Waals surface area contributed by atoms with Gasteiger partial charge in [0, 0.05) is 16.9 Å². The van der Waals surface area contributed by atoms with Crippen molar-refractivity contribution in [3.8, 4) is 5.88 Å². The van der Waals surface area contributed by atoms with Gasteiger partial charge in [-0.3, -0.25) is 0 Å². The predicted molar refractivity (Wildman–Crippen MR) is 100 cm³/mol. The average molecular weight is 355 g/mol. The molecule has 2 aromatic carbocycles. The van der Waals surface area contributed by atoms with Crippen molar-refractivity contribution in [3.05, 3.63) is 53.3 Å². The van der Waals surface area contributed by atoms with E-state index < -0.39 is 0 Å². The maximum absolute atomic E-state index is 13.8. The van der Waals surface area contributed by atoms with Crippen molar-refractivity contribution in [2.75, 3.05) is 11.5 Å². The molecule has 0 aliphatic carbocycles. The van der Waals surface area contributed by atoms with Crippen molar-refractivity contribution in [3.63, 3.8) is 0 Å². The zero-order valence-corrected chi connectivity index (χ0v) is 14.8. The van der Waals surface area contributed by atoms with Crippen LogP contribution in [0.3, 0.4) is 0 Å². The zero-order valence-electron chi connectivity index (χ0n) is 14.0. The molecule has 2 heterocycles. The van der Waals surface area contributed by atoms with Crippen molar-refractivity contribution >= 4 is 34.0 Å². The third-order valence-electron chi connectivity index (χ3n) is 4.37. The van der Waals surface area contributed by atoms with Gasteiger partial charge in [0.1, 0.15) is 5.82 Å². The summed E-state index contributed by atoms with van der Waals surface area (Å²) in [5.74, 6) is 1.57. The van der Waals surface area contributed by atoms with E-state index in [1.165, 1.54) is 12.1 Å². The fourth-order valence-corrected chi connectivity index (χ4v) is 3.96. The van der Waals surface area contributed by atoms with Gasteiger partial charge in [-0.1, -0.05) is 6.07 Å². The summed E-state index contributed by atoms with van der Waals surface area (Å²) in [6, 6.07) is 10.6. The Labute approximate surface area is 149 Å². The van der Waals surface area contributed by atoms with E-state index in [1.54, 1.807) is 6.07 Å². The molecule has 0 radical (unpaired) electrons. The molecule has 4 nitrogen and oxygen atoms in total. The van der Waals surface area contributed by atoms with Crippen LogP contribution in [0.1, 0.15) is 17.2 Å². The number of hydrogen-bond donors (Lipinski definition) is 1. The summed E-state index contributed by atoms with van der Waals surface area (Å²) in [6.45, 7) is 4.00. The molecule has 25 heavy (non-hydrogen) atoms. The summed E-state index contributed by atoms with van der Waals surface area (Å²) in [4.78, 5) is 0. The monoisotopic (exact) mass is 355 g/mol. The molecule has 3 aromatic rings. The lowest BCUT2D eigenvalue weighted by Crippen LogP contribution is -2.22. The van der Waals surface area contributed by atoms with Crippen LogP contribution in [0.25, 0.3) is 10.9 Å². The molecule has 0 saturated carbocycles. The molecule has 6 heteroatoms. The minimum atomic E-state index is -0.351. The van der Waals surface area contributed by atoms with Crippen LogP contribution in [-0.4, -0.2) is 21.2 Å². The Balaban J connectivity index is 1.84. The lowest BCUT2D eigenvalue weighted by Gasteiger charge is -2.27. The number of halogens is 1. The Morgan fingerprint density at radius 2 is 1.80 bits per heavy atom. The van der Waals surface area contributed by atoms with Gasteiger partial charge in [0.15, 0.2) is 5.69 Å². The second kappa shape index (κ2) is 6.19. The average Bonchev–Trinajstić information content (AvgIpc) is 2.75. The number of azo groups is 1. The maximum atomic E-state index is 13.8. The zero-order chi connectivity index (χ0) is 17.6. The van der Waals surface area contributed by atoms with Crippen LogP contribution in [0.5, 0.6) is 5.88 Å². The van der Waals surface area contributed by atoms with Gasteiger partial charge < -0.3 is 9.67 Å². The number of aryl methyl sites for hydroxylation is 2. The second-order valence-corrected chi connectivity index (χ2v) is 7.52. The van der Waals surface area contributed by atoms with Crippen LogP contribution in [0.4, 0.5) is 15.8 Å². The topological polar surface area (TPSA) is 49.9 Å². The fraction of sp³-hybridized carbons (Fsp3) is 0.263. The molecule has 1 aromatic heterocycles. The summed E-state index contributed by atoms with van der Waals surface area (Å²) in [5, 5.41) is 19.8. The molecule has 1 aliphatic heterocycles. The van der Waals surface area contributed by atoms with Gasteiger partial charge in [0.2, 0.25) is 5.88 Å². The maximum Gasteiger partial charge on any atom is 0.221 e. The van der Waals surface area contributed by atoms with E-state index in [2.05, 4.69) is 16.3 Å². The van der Waals surface area contributed by atoms with E-state index in [-0.39, 0.29) is 17.7 Å². The van der Waals surface area contributed by atoms with Crippen molar-refractivity contribution < 1.29 is 9.50 Å². The number of thioether (sulfide) groups is 1. The Kier molecular flexibility index (Phi) is 4.00. The minimum absolute atomic E-state index is 0.0547. The second-order valence-electron chi connectivity index (χ2n) is 6.44. The van der Waals surface area contributed by atoms with E-state index >= 15 is 0 Å². The van der Waals surface area contributed by atoms with E-state index in [0.717, 1.165) is 28.1 Å². The van der Waals surface area contributed by atoms with Gasteiger partial charge >= 0.3 is 0 Å². The Hall–Kier alpha value is -2.34. The summed E-state index contributed by atoms with van der Waals surface area (Å²) in [5.41, 5.74) is 4.02. The quantitative estimate of drug-likeness (QED) is 0.603. The van der Waals surface area contributed by atoms with Crippen LogP contribution in [0.15, 0.2) is 46.6 Å². The van der Waals surface area contributed by atoms with Crippen LogP contribution in [0, 0.1) is 19.7 Å². The standard InChI is InChI=1S/C19H18FN3OS/c1-11-5-12(2)7-14(6-11)21-22-18-16-8-13(20)3-4-17(16)23(19(18)24)15-9-25-10-15/h3-8,15,24H,9-10H2,1-2H3. The fourth-order valence-electron chi connectivity index (χ4n) is 3.21. The molecule has 4 rings (SSSR count). The predicted octanol–water partition coefficient (Wildman–Crippen LogP) is 5.81. The number of hydrogen-bond acceptors (Lipinski definition) is 4. The first kappa shape index (κ1) is 16.1. The molecule has 1 N–H and O–H groups in total. The van der Waals surface area contributed by atoms with Crippen molar-refractivity contribution in [2.24, 2.45) is 10.2 Å². The molecular weight excluding hydrogens is 337 g/mol. The first-order chi connectivity index (χ1) is 12.0. The lowest BCUT2D eigenvalue weighted by molar-refractivity contribution is 0.406. The molecule has 0 atom stereocenters. The third-order valence-corrected chi connectivity index (χ3v) is 5.61. The van der Waals surface area contributed by atoms with Crippen LogP contribution in [-0.2, 0) is 0 Å². The molecule has 1 fully saturated rings. The van der Waals surface area contributed by atoms with Crippen LogP contribution < -0.4 is 0 Å². The van der Waals surface area contributed by atoms with E-state index in [4.69, 9.17) is 0 Å². The molecular formula is C19H18FN3OS. The molecule has 1 aliphatic rings. The van der Waals surface area contributed by atoms with E-state index in [9.17, 15) is 9.50 Å². The van der Waals surface area contributed by atoms with Gasteiger partial charge in [0.25, 0.3) is 0 Å². The molecule has 0 spiro atoms. The lowest BCUT2D eigenvalue weighted by atomic mass is 10.1. The Morgan fingerprint density at radius 1 is 1.08 bits per heavy atom. The Bertz CT molecular complexity index is 972. The van der Waals surface area contributed by atoms with Gasteiger partial charge in [0.05, 0.1) is 17.2 Å². The van der Waals surface area contributed by atoms with Gasteiger partial charge in [-0.2, -0.15) is 16.9 Å². The molecule has 128 valence electrons. The van der Waals surface area contributed by atoms with E-state index in [0.29, 0.717) is 16.8 Å². The Morgan fingerprint density at radius 3 is 2.44 bits per heavy atom. The highest BCUT2D eigenvalue weighted by atomic mass is 32.2. The van der Waals surface area contributed by atoms with Crippen LogP contribution >= 0.6 is 11.8 Å². The van der Waals surface area contributed by atoms with Crippen LogP contribution in [0.2, 0.25) is 0 Å². The van der Waals surface area contributed by atoms with E-state index in [1.807, 2.05) is 42.3 Å². The van der Waals surface area contributed by atoms with Gasteiger partial charge in [-0.25, -0.2) is 4.39 Å². The van der Waals surface area contributed by atoms with Gasteiger partial charge in [-0.05, 0) is 55.3 Å². The smallest absolute Gasteiger partial charge is 0.221 e. The SMILES string of the molecule is Cc1cc(C)cc(N=Nc2c(O)n(C3CSC3)c3ccc(F)cc23)c1. The molecule has 0 unspecified atom stereocenters. The number of fused-ring (bicyclic) bond motifs is 1. The highest BCUT2D eigenvalue weighted by Crippen LogP contribution is 2.45. The molecule has 0 bridgehead atoms. The summed E-state index contributed by atoms with van der Waals surface area (Å²) in [6.07, 6.45) is 0. The number of aromatic hydroxyl groups is 1. The highest BCUT2D eigenvalue weighted by Gasteiger charge is 2.27. The van der Waals surface area contributed by atoms with Crippen molar-refractivity contribution in [1.29, 1.82) is 0 Å².